The fraction of sp³-hybridized carbons (Fsp3) is 0.400. The van der Waals surface area contributed by atoms with Crippen molar-refractivity contribution in [1.29, 1.82) is 5.26 Å². The third-order valence-electron chi connectivity index (χ3n) is 3.59. The van der Waals surface area contributed by atoms with Gasteiger partial charge in [-0.1, -0.05) is 11.6 Å². The number of carbonyl (C=O) groups is 2. The Kier molecular flexibility index (Phi) is 5.23. The smallest absolute Gasteiger partial charge is 0.260 e. The minimum atomic E-state index is -0.381. The lowest BCUT2D eigenvalue weighted by Crippen LogP contribution is -2.45. The van der Waals surface area contributed by atoms with E-state index >= 15 is 0 Å². The van der Waals surface area contributed by atoms with Gasteiger partial charge in [-0.05, 0) is 31.0 Å². The van der Waals surface area contributed by atoms with Crippen molar-refractivity contribution < 1.29 is 14.3 Å². The molecule has 2 amide bonds. The highest BCUT2D eigenvalue weighted by Crippen LogP contribution is 2.25. The highest BCUT2D eigenvalue weighted by Gasteiger charge is 2.27. The van der Waals surface area contributed by atoms with Crippen molar-refractivity contribution in [2.45, 2.75) is 12.8 Å². The molecule has 1 aromatic rings. The Morgan fingerprint density at radius 1 is 1.50 bits per heavy atom. The third-order valence-corrected chi connectivity index (χ3v) is 3.88. The summed E-state index contributed by atoms with van der Waals surface area (Å²) in [5.74, 6) is -0.548. The predicted octanol–water partition coefficient (Wildman–Crippen LogP) is 1.31. The minimum absolute atomic E-state index is 0.170. The fourth-order valence-corrected chi connectivity index (χ4v) is 2.59. The van der Waals surface area contributed by atoms with Gasteiger partial charge < -0.3 is 15.4 Å². The standard InChI is InChI=1S/C15H16ClN3O3/c16-12-6-10(7-17)3-4-13(12)22-9-14(20)19-5-1-2-11(8-19)15(18)21/h3-4,6,11H,1-2,5,8-9H2,(H2,18,21)/t11-/m0/s1. The van der Waals surface area contributed by atoms with Gasteiger partial charge in [0.1, 0.15) is 5.75 Å². The molecule has 0 saturated carbocycles. The molecule has 7 heteroatoms. The molecule has 1 aliphatic rings. The molecule has 0 unspecified atom stereocenters. The summed E-state index contributed by atoms with van der Waals surface area (Å²) in [6.45, 7) is 0.753. The highest BCUT2D eigenvalue weighted by molar-refractivity contribution is 6.32. The molecule has 1 aliphatic heterocycles. The van der Waals surface area contributed by atoms with Gasteiger partial charge in [-0.3, -0.25) is 9.59 Å². The number of nitriles is 1. The topological polar surface area (TPSA) is 96.4 Å². The van der Waals surface area contributed by atoms with E-state index in [4.69, 9.17) is 27.3 Å². The molecular formula is C15H16ClN3O3. The van der Waals surface area contributed by atoms with E-state index in [2.05, 4.69) is 0 Å². The number of likely N-dealkylation sites (tertiary alicyclic amines) is 1. The molecule has 0 spiro atoms. The first-order chi connectivity index (χ1) is 10.5. The second kappa shape index (κ2) is 7.14. The second-order valence-electron chi connectivity index (χ2n) is 5.13. The highest BCUT2D eigenvalue weighted by atomic mass is 35.5. The monoisotopic (exact) mass is 321 g/mol. The Morgan fingerprint density at radius 2 is 2.27 bits per heavy atom. The van der Waals surface area contributed by atoms with Crippen LogP contribution in [0.3, 0.4) is 0 Å². The summed E-state index contributed by atoms with van der Waals surface area (Å²) in [5, 5.41) is 9.04. The Labute approximate surface area is 133 Å². The van der Waals surface area contributed by atoms with Crippen LogP contribution in [-0.2, 0) is 9.59 Å². The SMILES string of the molecule is N#Cc1ccc(OCC(=O)N2CCC[C@H](C(N)=O)C2)c(Cl)c1. The molecule has 1 aromatic carbocycles. The Balaban J connectivity index is 1.92. The van der Waals surface area contributed by atoms with Crippen LogP contribution in [0.1, 0.15) is 18.4 Å². The van der Waals surface area contributed by atoms with Crippen LogP contribution < -0.4 is 10.5 Å². The third kappa shape index (κ3) is 3.89. The average Bonchev–Trinajstić information content (AvgIpc) is 2.53. The number of ether oxygens (including phenoxy) is 1. The molecule has 0 bridgehead atoms. The van der Waals surface area contributed by atoms with Crippen LogP contribution in [0.5, 0.6) is 5.75 Å². The van der Waals surface area contributed by atoms with E-state index in [1.807, 2.05) is 6.07 Å². The molecule has 1 saturated heterocycles. The number of nitrogens with two attached hydrogens (primary N) is 1. The van der Waals surface area contributed by atoms with Gasteiger partial charge >= 0.3 is 0 Å². The molecule has 2 N–H and O–H groups in total. The van der Waals surface area contributed by atoms with Crippen molar-refractivity contribution in [3.8, 4) is 11.8 Å². The Hall–Kier alpha value is -2.26. The van der Waals surface area contributed by atoms with E-state index in [0.717, 1.165) is 6.42 Å². The first-order valence-electron chi connectivity index (χ1n) is 6.91. The van der Waals surface area contributed by atoms with Crippen LogP contribution in [0.2, 0.25) is 5.02 Å². The van der Waals surface area contributed by atoms with E-state index in [1.165, 1.54) is 6.07 Å². The van der Waals surface area contributed by atoms with Gasteiger partial charge in [-0.25, -0.2) is 0 Å². The molecule has 1 heterocycles. The number of piperidine rings is 1. The number of nitrogens with zero attached hydrogens (tertiary/aromatic N) is 2. The number of halogens is 1. The maximum atomic E-state index is 12.1. The number of amides is 2. The summed E-state index contributed by atoms with van der Waals surface area (Å²) in [4.78, 5) is 24.9. The van der Waals surface area contributed by atoms with E-state index in [0.29, 0.717) is 30.8 Å². The van der Waals surface area contributed by atoms with Gasteiger partial charge in [0.05, 0.1) is 22.6 Å². The molecule has 2 rings (SSSR count). The van der Waals surface area contributed by atoms with Crippen molar-refractivity contribution in [3.05, 3.63) is 28.8 Å². The molecule has 0 aliphatic carbocycles. The molecule has 1 fully saturated rings. The Bertz CT molecular complexity index is 627. The largest absolute Gasteiger partial charge is 0.482 e. The first kappa shape index (κ1) is 16.1. The molecule has 116 valence electrons. The lowest BCUT2D eigenvalue weighted by Gasteiger charge is -2.31. The quantitative estimate of drug-likeness (QED) is 0.904. The summed E-state index contributed by atoms with van der Waals surface area (Å²) < 4.78 is 5.40. The van der Waals surface area contributed by atoms with Crippen molar-refractivity contribution >= 4 is 23.4 Å². The van der Waals surface area contributed by atoms with Crippen LogP contribution in [0.15, 0.2) is 18.2 Å². The lowest BCUT2D eigenvalue weighted by atomic mass is 9.97. The van der Waals surface area contributed by atoms with E-state index in [9.17, 15) is 9.59 Å². The van der Waals surface area contributed by atoms with Gasteiger partial charge in [-0.15, -0.1) is 0 Å². The van der Waals surface area contributed by atoms with E-state index < -0.39 is 0 Å². The number of benzene rings is 1. The van der Waals surface area contributed by atoms with Crippen LogP contribution >= 0.6 is 11.6 Å². The van der Waals surface area contributed by atoms with Gasteiger partial charge in [0.2, 0.25) is 5.91 Å². The summed E-state index contributed by atoms with van der Waals surface area (Å²) in [6.07, 6.45) is 1.46. The minimum Gasteiger partial charge on any atom is -0.482 e. The summed E-state index contributed by atoms with van der Waals surface area (Å²) in [7, 11) is 0. The lowest BCUT2D eigenvalue weighted by molar-refractivity contribution is -0.136. The molecule has 6 nitrogen and oxygen atoms in total. The van der Waals surface area contributed by atoms with Crippen molar-refractivity contribution in [1.82, 2.24) is 4.90 Å². The molecule has 0 aromatic heterocycles. The van der Waals surface area contributed by atoms with Crippen LogP contribution in [0.4, 0.5) is 0 Å². The van der Waals surface area contributed by atoms with Gasteiger partial charge in [-0.2, -0.15) is 5.26 Å². The molecule has 1 atom stereocenters. The molecular weight excluding hydrogens is 306 g/mol. The first-order valence-corrected chi connectivity index (χ1v) is 7.28. The maximum Gasteiger partial charge on any atom is 0.260 e. The number of hydrogen-bond acceptors (Lipinski definition) is 4. The van der Waals surface area contributed by atoms with Crippen LogP contribution in [0.25, 0.3) is 0 Å². The molecule has 0 radical (unpaired) electrons. The van der Waals surface area contributed by atoms with E-state index in [-0.39, 0.29) is 29.4 Å². The van der Waals surface area contributed by atoms with Crippen molar-refractivity contribution in [3.63, 3.8) is 0 Å². The predicted molar refractivity (Wildman–Crippen MR) is 80.2 cm³/mol. The summed E-state index contributed by atoms with van der Waals surface area (Å²) >= 11 is 5.98. The number of hydrogen-bond donors (Lipinski definition) is 1. The number of carbonyl (C=O) groups excluding carboxylic acids is 2. The number of primary amides is 1. The fourth-order valence-electron chi connectivity index (χ4n) is 2.35. The average molecular weight is 322 g/mol. The second-order valence-corrected chi connectivity index (χ2v) is 5.53. The number of rotatable bonds is 4. The van der Waals surface area contributed by atoms with Gasteiger partial charge in [0, 0.05) is 13.1 Å². The van der Waals surface area contributed by atoms with Crippen LogP contribution in [0, 0.1) is 17.2 Å². The summed E-state index contributed by atoms with van der Waals surface area (Å²) in [5.41, 5.74) is 5.71. The van der Waals surface area contributed by atoms with Crippen molar-refractivity contribution in [2.75, 3.05) is 19.7 Å². The Morgan fingerprint density at radius 3 is 2.91 bits per heavy atom. The zero-order valence-corrected chi connectivity index (χ0v) is 12.7. The van der Waals surface area contributed by atoms with Crippen LogP contribution in [-0.4, -0.2) is 36.4 Å². The maximum absolute atomic E-state index is 12.1. The zero-order chi connectivity index (χ0) is 16.1. The summed E-state index contributed by atoms with van der Waals surface area (Å²) in [6, 6.07) is 6.56. The van der Waals surface area contributed by atoms with E-state index in [1.54, 1.807) is 17.0 Å². The normalized spacial score (nSPS) is 17.6. The van der Waals surface area contributed by atoms with Gasteiger partial charge in [0.25, 0.3) is 5.91 Å². The van der Waals surface area contributed by atoms with Crippen molar-refractivity contribution in [2.24, 2.45) is 11.7 Å². The zero-order valence-electron chi connectivity index (χ0n) is 11.9. The van der Waals surface area contributed by atoms with Gasteiger partial charge in [0.15, 0.2) is 6.61 Å². The molecule has 22 heavy (non-hydrogen) atoms.